The first-order valence-electron chi connectivity index (χ1n) is 7.94. The van der Waals surface area contributed by atoms with Gasteiger partial charge in [-0.2, -0.15) is 0 Å². The number of nitrogens with one attached hydrogen (secondary N) is 1. The molecule has 2 rings (SSSR count). The van der Waals surface area contributed by atoms with Crippen LogP contribution in [0.2, 0.25) is 0 Å². The second-order valence-corrected chi connectivity index (χ2v) is 5.90. The van der Waals surface area contributed by atoms with Crippen LogP contribution in [0.15, 0.2) is 18.2 Å². The Hall–Kier alpha value is -2.15. The summed E-state index contributed by atoms with van der Waals surface area (Å²) >= 11 is 0. The lowest BCUT2D eigenvalue weighted by Crippen LogP contribution is -2.52. The van der Waals surface area contributed by atoms with Gasteiger partial charge < -0.3 is 19.7 Å². The van der Waals surface area contributed by atoms with E-state index in [0.717, 1.165) is 0 Å². The maximum absolute atomic E-state index is 14.4. The van der Waals surface area contributed by atoms with Crippen molar-refractivity contribution in [1.29, 1.82) is 0 Å². The third-order valence-electron chi connectivity index (χ3n) is 4.29. The average molecular weight is 338 g/mol. The van der Waals surface area contributed by atoms with Gasteiger partial charge >= 0.3 is 5.97 Å². The Morgan fingerprint density at radius 2 is 2.04 bits per heavy atom. The Bertz CT molecular complexity index is 617. The maximum Gasteiger partial charge on any atom is 0.331 e. The van der Waals surface area contributed by atoms with E-state index < -0.39 is 23.2 Å². The second kappa shape index (κ2) is 7.61. The van der Waals surface area contributed by atoms with Crippen LogP contribution < -0.4 is 10.2 Å². The molecule has 0 aliphatic carbocycles. The standard InChI is InChI=1S/C17H23FN2O4/c1-4-17(2,16(22)23-3)19-15(21)12-5-6-14(13(18)11-12)20-7-9-24-10-8-20/h5-6,11H,4,7-10H2,1-3H3,(H,19,21)/t17-/m1/s1. The largest absolute Gasteiger partial charge is 0.467 e. The number of carbonyl (C=O) groups is 2. The highest BCUT2D eigenvalue weighted by Crippen LogP contribution is 2.22. The number of carbonyl (C=O) groups excluding carboxylic acids is 2. The van der Waals surface area contributed by atoms with E-state index in [-0.39, 0.29) is 5.56 Å². The van der Waals surface area contributed by atoms with Crippen LogP contribution in [0.25, 0.3) is 0 Å². The first kappa shape index (κ1) is 18.2. The molecule has 0 radical (unpaired) electrons. The molecule has 1 fully saturated rings. The number of morpholine rings is 1. The number of rotatable bonds is 5. The third kappa shape index (κ3) is 3.84. The average Bonchev–Trinajstić information content (AvgIpc) is 2.61. The summed E-state index contributed by atoms with van der Waals surface area (Å²) in [4.78, 5) is 26.1. The number of ether oxygens (including phenoxy) is 2. The molecule has 0 saturated carbocycles. The number of benzene rings is 1. The van der Waals surface area contributed by atoms with Gasteiger partial charge in [0.05, 0.1) is 26.0 Å². The molecule has 6 nitrogen and oxygen atoms in total. The third-order valence-corrected chi connectivity index (χ3v) is 4.29. The minimum absolute atomic E-state index is 0.160. The molecule has 1 aromatic carbocycles. The number of methoxy groups -OCH3 is 1. The van der Waals surface area contributed by atoms with Gasteiger partial charge in [0.15, 0.2) is 0 Å². The van der Waals surface area contributed by atoms with Gasteiger partial charge in [-0.25, -0.2) is 9.18 Å². The van der Waals surface area contributed by atoms with Crippen LogP contribution in [0.3, 0.4) is 0 Å². The summed E-state index contributed by atoms with van der Waals surface area (Å²) in [6, 6.07) is 4.32. The first-order chi connectivity index (χ1) is 11.4. The summed E-state index contributed by atoms with van der Waals surface area (Å²) in [6.07, 6.45) is 0.361. The van der Waals surface area contributed by atoms with Gasteiger partial charge in [0.2, 0.25) is 0 Å². The fourth-order valence-electron chi connectivity index (χ4n) is 2.54. The van der Waals surface area contributed by atoms with Crippen LogP contribution in [-0.2, 0) is 14.3 Å². The lowest BCUT2D eigenvalue weighted by atomic mass is 9.98. The fourth-order valence-corrected chi connectivity index (χ4v) is 2.54. The van der Waals surface area contributed by atoms with E-state index >= 15 is 0 Å². The molecule has 7 heteroatoms. The van der Waals surface area contributed by atoms with E-state index in [4.69, 9.17) is 9.47 Å². The van der Waals surface area contributed by atoms with Gasteiger partial charge in [-0.05, 0) is 31.5 Å². The van der Waals surface area contributed by atoms with Crippen molar-refractivity contribution in [2.45, 2.75) is 25.8 Å². The number of hydrogen-bond donors (Lipinski definition) is 1. The molecule has 1 aliphatic heterocycles. The van der Waals surface area contributed by atoms with Crippen molar-refractivity contribution in [2.24, 2.45) is 0 Å². The Morgan fingerprint density at radius 1 is 1.38 bits per heavy atom. The van der Waals surface area contributed by atoms with Crippen LogP contribution in [0.1, 0.15) is 30.6 Å². The van der Waals surface area contributed by atoms with Crippen LogP contribution in [0.5, 0.6) is 0 Å². The molecule has 0 unspecified atom stereocenters. The van der Waals surface area contributed by atoms with Crippen molar-refractivity contribution in [1.82, 2.24) is 5.32 Å². The molecule has 1 heterocycles. The minimum Gasteiger partial charge on any atom is -0.467 e. The molecule has 1 amide bonds. The summed E-state index contributed by atoms with van der Waals surface area (Å²) < 4.78 is 24.4. The van der Waals surface area contributed by atoms with E-state index in [1.807, 2.05) is 4.90 Å². The van der Waals surface area contributed by atoms with E-state index in [1.54, 1.807) is 26.0 Å². The monoisotopic (exact) mass is 338 g/mol. The predicted molar refractivity (Wildman–Crippen MR) is 87.6 cm³/mol. The highest BCUT2D eigenvalue weighted by molar-refractivity contribution is 5.98. The molecule has 0 bridgehead atoms. The van der Waals surface area contributed by atoms with Crippen molar-refractivity contribution >= 4 is 17.6 Å². The predicted octanol–water partition coefficient (Wildman–Crippen LogP) is 1.73. The van der Waals surface area contributed by atoms with Gasteiger partial charge in [-0.3, -0.25) is 4.79 Å². The zero-order chi connectivity index (χ0) is 17.7. The molecule has 1 aromatic rings. The van der Waals surface area contributed by atoms with Crippen molar-refractivity contribution in [3.63, 3.8) is 0 Å². The zero-order valence-electron chi connectivity index (χ0n) is 14.2. The lowest BCUT2D eigenvalue weighted by molar-refractivity contribution is -0.147. The quantitative estimate of drug-likeness (QED) is 0.828. The topological polar surface area (TPSA) is 67.9 Å². The Morgan fingerprint density at radius 3 is 2.58 bits per heavy atom. The van der Waals surface area contributed by atoms with E-state index in [1.165, 1.54) is 13.2 Å². The Kier molecular flexibility index (Phi) is 5.77. The number of amides is 1. The maximum atomic E-state index is 14.4. The number of esters is 1. The number of hydrogen-bond acceptors (Lipinski definition) is 5. The van der Waals surface area contributed by atoms with Crippen molar-refractivity contribution in [2.75, 3.05) is 38.3 Å². The first-order valence-corrected chi connectivity index (χ1v) is 7.94. The number of anilines is 1. The zero-order valence-corrected chi connectivity index (χ0v) is 14.2. The van der Waals surface area contributed by atoms with Crippen LogP contribution in [0.4, 0.5) is 10.1 Å². The summed E-state index contributed by atoms with van der Waals surface area (Å²) in [5.74, 6) is -1.53. The summed E-state index contributed by atoms with van der Waals surface area (Å²) in [5, 5.41) is 2.62. The summed E-state index contributed by atoms with van der Waals surface area (Å²) in [7, 11) is 1.26. The molecule has 132 valence electrons. The molecule has 1 aliphatic rings. The molecule has 1 N–H and O–H groups in total. The number of nitrogens with zero attached hydrogens (tertiary/aromatic N) is 1. The van der Waals surface area contributed by atoms with E-state index in [0.29, 0.717) is 38.4 Å². The highest BCUT2D eigenvalue weighted by Gasteiger charge is 2.34. The van der Waals surface area contributed by atoms with Crippen molar-refractivity contribution < 1.29 is 23.5 Å². The molecule has 1 saturated heterocycles. The Balaban J connectivity index is 2.15. The molecular weight excluding hydrogens is 315 g/mol. The van der Waals surface area contributed by atoms with Gasteiger partial charge in [0.25, 0.3) is 5.91 Å². The van der Waals surface area contributed by atoms with Crippen LogP contribution in [-0.4, -0.2) is 50.8 Å². The molecule has 0 spiro atoms. The molecule has 1 atom stereocenters. The van der Waals surface area contributed by atoms with Gasteiger partial charge in [0, 0.05) is 18.7 Å². The summed E-state index contributed by atoms with van der Waals surface area (Å²) in [5.41, 5.74) is -0.542. The SMILES string of the molecule is CC[C@@](C)(NC(=O)c1ccc(N2CCOCC2)c(F)c1)C(=O)OC. The molecular formula is C17H23FN2O4. The van der Waals surface area contributed by atoms with E-state index in [2.05, 4.69) is 5.32 Å². The minimum atomic E-state index is -1.15. The number of halogens is 1. The lowest BCUT2D eigenvalue weighted by Gasteiger charge is -2.29. The van der Waals surface area contributed by atoms with E-state index in [9.17, 15) is 14.0 Å². The van der Waals surface area contributed by atoms with Crippen LogP contribution >= 0.6 is 0 Å². The molecule has 0 aromatic heterocycles. The smallest absolute Gasteiger partial charge is 0.331 e. The normalized spacial score (nSPS) is 17.1. The van der Waals surface area contributed by atoms with Gasteiger partial charge in [-0.15, -0.1) is 0 Å². The Labute approximate surface area is 140 Å². The van der Waals surface area contributed by atoms with Crippen molar-refractivity contribution in [3.05, 3.63) is 29.6 Å². The summed E-state index contributed by atoms with van der Waals surface area (Å²) in [6.45, 7) is 5.66. The fraction of sp³-hybridized carbons (Fsp3) is 0.529. The van der Waals surface area contributed by atoms with Crippen LogP contribution in [0, 0.1) is 5.82 Å². The molecule has 24 heavy (non-hydrogen) atoms. The highest BCUT2D eigenvalue weighted by atomic mass is 19.1. The van der Waals surface area contributed by atoms with Gasteiger partial charge in [0.1, 0.15) is 11.4 Å². The van der Waals surface area contributed by atoms with Gasteiger partial charge in [-0.1, -0.05) is 6.92 Å². The van der Waals surface area contributed by atoms with Crippen molar-refractivity contribution in [3.8, 4) is 0 Å². The second-order valence-electron chi connectivity index (χ2n) is 5.90.